The van der Waals surface area contributed by atoms with Gasteiger partial charge in [-0.15, -0.1) is 13.2 Å². The fraction of sp³-hybridized carbons (Fsp3) is 0.261. The Morgan fingerprint density at radius 3 is 2.50 bits per heavy atom. The van der Waals surface area contributed by atoms with Crippen molar-refractivity contribution in [3.05, 3.63) is 66.7 Å². The lowest BCUT2D eigenvalue weighted by Crippen LogP contribution is -2.56. The summed E-state index contributed by atoms with van der Waals surface area (Å²) in [5, 5.41) is 3.40. The molecule has 162 valence electrons. The lowest BCUT2D eigenvalue weighted by Gasteiger charge is -2.48. The van der Waals surface area contributed by atoms with Gasteiger partial charge in [0.25, 0.3) is 0 Å². The Morgan fingerprint density at radius 1 is 1.03 bits per heavy atom. The maximum atomic E-state index is 13.1. The molecule has 6 rings (SSSR count). The Bertz CT molecular complexity index is 1320. The zero-order valence-corrected chi connectivity index (χ0v) is 16.8. The fourth-order valence-electron chi connectivity index (χ4n) is 4.62. The van der Waals surface area contributed by atoms with E-state index in [2.05, 4.69) is 15.1 Å². The second-order valence-electron chi connectivity index (χ2n) is 8.38. The van der Waals surface area contributed by atoms with E-state index in [0.29, 0.717) is 17.0 Å². The molecule has 1 saturated carbocycles. The van der Waals surface area contributed by atoms with Crippen LogP contribution >= 0.6 is 0 Å². The molecule has 0 bridgehead atoms. The number of aromatic nitrogens is 4. The summed E-state index contributed by atoms with van der Waals surface area (Å²) in [6.45, 7) is 0. The number of alkyl halides is 3. The smallest absolute Gasteiger partial charge is 0.345 e. The van der Waals surface area contributed by atoms with Crippen LogP contribution in [-0.4, -0.2) is 25.7 Å². The number of fused-ring (bicyclic) bond motifs is 1. The first-order valence-corrected chi connectivity index (χ1v) is 10.4. The third-order valence-corrected chi connectivity index (χ3v) is 6.38. The summed E-state index contributed by atoms with van der Waals surface area (Å²) in [4.78, 5) is 22.2. The molecule has 32 heavy (non-hydrogen) atoms. The molecule has 0 spiro atoms. The zero-order chi connectivity index (χ0) is 22.0. The van der Waals surface area contributed by atoms with Gasteiger partial charge in [-0.3, -0.25) is 4.79 Å². The van der Waals surface area contributed by atoms with Crippen LogP contribution in [0.1, 0.15) is 24.4 Å². The predicted molar refractivity (Wildman–Crippen MR) is 111 cm³/mol. The van der Waals surface area contributed by atoms with Crippen LogP contribution in [0.5, 0.6) is 0 Å². The third-order valence-electron chi connectivity index (χ3n) is 6.38. The summed E-state index contributed by atoms with van der Waals surface area (Å²) >= 11 is 0. The predicted octanol–water partition coefficient (Wildman–Crippen LogP) is 5.02. The van der Waals surface area contributed by atoms with E-state index in [-0.39, 0.29) is 22.5 Å². The number of imidazole rings is 1. The molecule has 2 aromatic heterocycles. The highest BCUT2D eigenvalue weighted by atomic mass is 19.4. The zero-order valence-electron chi connectivity index (χ0n) is 16.8. The molecule has 1 N–H and O–H groups in total. The van der Waals surface area contributed by atoms with E-state index < -0.39 is 6.30 Å². The molecule has 1 aliphatic heterocycles. The Balaban J connectivity index is 1.33. The van der Waals surface area contributed by atoms with Gasteiger partial charge in [-0.2, -0.15) is 9.78 Å². The van der Waals surface area contributed by atoms with E-state index in [0.717, 1.165) is 41.3 Å². The van der Waals surface area contributed by atoms with Crippen molar-refractivity contribution in [2.75, 3.05) is 4.90 Å². The minimum atomic E-state index is -4.54. The van der Waals surface area contributed by atoms with Crippen molar-refractivity contribution >= 4 is 22.6 Å². The van der Waals surface area contributed by atoms with Gasteiger partial charge in [0.2, 0.25) is 5.91 Å². The molecular weight excluding hydrogens is 419 g/mol. The van der Waals surface area contributed by atoms with Crippen molar-refractivity contribution in [3.63, 3.8) is 0 Å². The first kappa shape index (κ1) is 19.1. The van der Waals surface area contributed by atoms with E-state index in [1.807, 2.05) is 35.2 Å². The number of nitrogens with zero attached hydrogens (tertiary/aromatic N) is 4. The van der Waals surface area contributed by atoms with E-state index in [1.165, 1.54) is 6.20 Å². The van der Waals surface area contributed by atoms with Crippen LogP contribution in [0.3, 0.4) is 0 Å². The maximum Gasteiger partial charge on any atom is 0.504 e. The number of carbonyl (C=O) groups excluding carboxylic acids is 1. The van der Waals surface area contributed by atoms with Crippen molar-refractivity contribution < 1.29 is 18.0 Å². The molecule has 2 atom stereocenters. The van der Waals surface area contributed by atoms with Crippen molar-refractivity contribution in [1.82, 2.24) is 19.7 Å². The second kappa shape index (κ2) is 6.69. The molecule has 1 unspecified atom stereocenters. The van der Waals surface area contributed by atoms with Crippen molar-refractivity contribution in [1.29, 1.82) is 0 Å². The molecule has 1 saturated heterocycles. The number of halogens is 3. The molecular formula is C23H18F3N5O. The summed E-state index contributed by atoms with van der Waals surface area (Å²) in [5.41, 5.74) is 4.49. The summed E-state index contributed by atoms with van der Waals surface area (Å²) in [6, 6.07) is 13.0. The molecule has 2 aromatic carbocycles. The molecule has 2 aliphatic rings. The standard InChI is InChI=1S/C23H18F3N5O/c24-23(25,26)30-11-16(10-29-30)13-1-5-15(6-2-13)21-20(14-3-4-14)22(32)31(21)17-7-8-18-19(9-17)28-12-27-18/h1-2,5-12,14,20-21H,3-4H2,(H,27,28)/t20?,21-/m1/s1. The van der Waals surface area contributed by atoms with Crippen LogP contribution in [0.25, 0.3) is 22.2 Å². The third kappa shape index (κ3) is 2.99. The first-order valence-electron chi connectivity index (χ1n) is 10.4. The number of amides is 1. The van der Waals surface area contributed by atoms with Crippen molar-refractivity contribution in [3.8, 4) is 11.1 Å². The normalized spacial score (nSPS) is 21.2. The number of hydrogen-bond acceptors (Lipinski definition) is 3. The number of aromatic amines is 1. The summed E-state index contributed by atoms with van der Waals surface area (Å²) < 4.78 is 38.5. The lowest BCUT2D eigenvalue weighted by atomic mass is 9.78. The largest absolute Gasteiger partial charge is 0.504 e. The number of rotatable bonds is 4. The van der Waals surface area contributed by atoms with Crippen LogP contribution in [0, 0.1) is 11.8 Å². The SMILES string of the molecule is O=C1C(C2CC2)[C@@H](c2ccc(-c3cnn(C(F)(F)F)c3)cc2)N1c1ccc2[nH]cnc2c1. The van der Waals surface area contributed by atoms with Crippen LogP contribution in [0.15, 0.2) is 61.2 Å². The number of β-lactam (4-membered cyclic amide) rings is 1. The number of hydrogen-bond donors (Lipinski definition) is 1. The second-order valence-corrected chi connectivity index (χ2v) is 8.38. The molecule has 0 radical (unpaired) electrons. The maximum absolute atomic E-state index is 13.1. The molecule has 2 fully saturated rings. The van der Waals surface area contributed by atoms with E-state index >= 15 is 0 Å². The minimum Gasteiger partial charge on any atom is -0.345 e. The first-order chi connectivity index (χ1) is 15.4. The van der Waals surface area contributed by atoms with Gasteiger partial charge in [0, 0.05) is 17.4 Å². The van der Waals surface area contributed by atoms with Crippen molar-refractivity contribution in [2.45, 2.75) is 25.2 Å². The van der Waals surface area contributed by atoms with Crippen LogP contribution in [0.4, 0.5) is 18.9 Å². The van der Waals surface area contributed by atoms with E-state index in [9.17, 15) is 18.0 Å². The minimum absolute atomic E-state index is 0.00309. The highest BCUT2D eigenvalue weighted by Gasteiger charge is 2.55. The van der Waals surface area contributed by atoms with Crippen LogP contribution in [0.2, 0.25) is 0 Å². The van der Waals surface area contributed by atoms with Gasteiger partial charge in [-0.05, 0) is 48.1 Å². The van der Waals surface area contributed by atoms with Crippen molar-refractivity contribution in [2.24, 2.45) is 11.8 Å². The van der Waals surface area contributed by atoms with E-state index in [4.69, 9.17) is 0 Å². The summed E-state index contributed by atoms with van der Waals surface area (Å²) in [5.74, 6) is 0.439. The molecule has 9 heteroatoms. The van der Waals surface area contributed by atoms with Gasteiger partial charge >= 0.3 is 6.30 Å². The van der Waals surface area contributed by atoms with Gasteiger partial charge in [0.05, 0.1) is 35.5 Å². The lowest BCUT2D eigenvalue weighted by molar-refractivity contribution is -0.212. The van der Waals surface area contributed by atoms with Gasteiger partial charge in [-0.1, -0.05) is 24.3 Å². The molecule has 3 heterocycles. The highest BCUT2D eigenvalue weighted by molar-refractivity contribution is 6.04. The quantitative estimate of drug-likeness (QED) is 0.456. The van der Waals surface area contributed by atoms with Gasteiger partial charge in [-0.25, -0.2) is 4.98 Å². The Hall–Kier alpha value is -3.62. The molecule has 4 aromatic rings. The number of anilines is 1. The van der Waals surface area contributed by atoms with Gasteiger partial charge in [0.1, 0.15) is 0 Å². The molecule has 1 amide bonds. The Morgan fingerprint density at radius 2 is 1.81 bits per heavy atom. The van der Waals surface area contributed by atoms with Gasteiger partial charge in [0.15, 0.2) is 0 Å². The monoisotopic (exact) mass is 437 g/mol. The van der Waals surface area contributed by atoms with Crippen LogP contribution < -0.4 is 4.90 Å². The number of H-pyrrole nitrogens is 1. The van der Waals surface area contributed by atoms with Gasteiger partial charge < -0.3 is 9.88 Å². The molecule has 1 aliphatic carbocycles. The molecule has 6 nitrogen and oxygen atoms in total. The summed E-state index contributed by atoms with van der Waals surface area (Å²) in [7, 11) is 0. The average Bonchev–Trinajstić information content (AvgIpc) is 3.26. The number of carbonyl (C=O) groups is 1. The van der Waals surface area contributed by atoms with E-state index in [1.54, 1.807) is 18.5 Å². The summed E-state index contributed by atoms with van der Waals surface area (Å²) in [6.07, 6.45) is 1.35. The number of benzene rings is 2. The Labute approximate surface area is 180 Å². The fourth-order valence-corrected chi connectivity index (χ4v) is 4.62. The highest BCUT2D eigenvalue weighted by Crippen LogP contribution is 2.54. The average molecular weight is 437 g/mol. The van der Waals surface area contributed by atoms with Crippen LogP contribution in [-0.2, 0) is 11.1 Å². The topological polar surface area (TPSA) is 66.8 Å². The number of nitrogens with one attached hydrogen (secondary N) is 1. The Kier molecular flexibility index (Phi) is 3.99.